The molecule has 2 N–H and O–H groups in total. The van der Waals surface area contributed by atoms with Crippen molar-refractivity contribution in [1.82, 2.24) is 24.9 Å². The SMILES string of the molecule is Cc1cn2nc(-c3cc(F)c4nc(C5CCNCC5)sc4c3)cc(C(=O)O)c2n1. The van der Waals surface area contributed by atoms with Crippen LogP contribution in [0.25, 0.3) is 27.1 Å². The Kier molecular flexibility index (Phi) is 4.29. The molecule has 0 amide bonds. The molecule has 1 saturated heterocycles. The van der Waals surface area contributed by atoms with Crippen LogP contribution in [0.1, 0.15) is 39.8 Å². The third kappa shape index (κ3) is 3.16. The molecule has 0 unspecified atom stereocenters. The number of aryl methyl sites for hydroxylation is 1. The van der Waals surface area contributed by atoms with E-state index in [1.54, 1.807) is 13.1 Å². The maximum absolute atomic E-state index is 14.9. The lowest BCUT2D eigenvalue weighted by molar-refractivity contribution is 0.0698. The fraction of sp³-hybridized carbons (Fsp3) is 0.300. The van der Waals surface area contributed by atoms with E-state index in [1.165, 1.54) is 28.0 Å². The number of fused-ring (bicyclic) bond motifs is 2. The van der Waals surface area contributed by atoms with Crippen molar-refractivity contribution in [2.24, 2.45) is 0 Å². The van der Waals surface area contributed by atoms with E-state index in [1.807, 2.05) is 6.07 Å². The van der Waals surface area contributed by atoms with Crippen LogP contribution in [-0.4, -0.2) is 43.7 Å². The highest BCUT2D eigenvalue weighted by Crippen LogP contribution is 2.35. The number of aromatic carboxylic acids is 1. The van der Waals surface area contributed by atoms with Crippen LogP contribution in [0.4, 0.5) is 4.39 Å². The van der Waals surface area contributed by atoms with E-state index >= 15 is 0 Å². The normalized spacial score (nSPS) is 15.4. The number of hydrogen-bond donors (Lipinski definition) is 2. The van der Waals surface area contributed by atoms with Crippen LogP contribution in [0.2, 0.25) is 0 Å². The Hall–Kier alpha value is -2.91. The Balaban J connectivity index is 1.64. The van der Waals surface area contributed by atoms with Gasteiger partial charge in [-0.05, 0) is 51.1 Å². The fourth-order valence-electron chi connectivity index (χ4n) is 3.79. The Morgan fingerprint density at radius 1 is 1.28 bits per heavy atom. The molecule has 4 aromatic rings. The van der Waals surface area contributed by atoms with Crippen LogP contribution in [0.3, 0.4) is 0 Å². The highest BCUT2D eigenvalue weighted by molar-refractivity contribution is 7.18. The number of carboxylic acids is 1. The standard InChI is InChI=1S/C20H18FN5O2S/c1-10-9-26-18(23-10)13(20(27)28)8-15(25-26)12-6-14(21)17-16(7-12)29-19(24-17)11-2-4-22-5-3-11/h6-9,11,22H,2-5H2,1H3,(H,27,28). The second kappa shape index (κ2) is 6.85. The molecule has 1 aliphatic heterocycles. The number of carbonyl (C=O) groups is 1. The Morgan fingerprint density at radius 3 is 2.83 bits per heavy atom. The summed E-state index contributed by atoms with van der Waals surface area (Å²) in [5.41, 5.74) is 2.23. The second-order valence-electron chi connectivity index (χ2n) is 7.28. The highest BCUT2D eigenvalue weighted by Gasteiger charge is 2.22. The van der Waals surface area contributed by atoms with Gasteiger partial charge in [-0.15, -0.1) is 11.3 Å². The molecule has 0 aliphatic carbocycles. The van der Waals surface area contributed by atoms with E-state index in [4.69, 9.17) is 0 Å². The first-order chi connectivity index (χ1) is 14.0. The van der Waals surface area contributed by atoms with Crippen molar-refractivity contribution in [2.45, 2.75) is 25.7 Å². The Labute approximate surface area is 169 Å². The maximum Gasteiger partial charge on any atom is 0.339 e. The number of piperidine rings is 1. The summed E-state index contributed by atoms with van der Waals surface area (Å²) >= 11 is 1.50. The lowest BCUT2D eigenvalue weighted by atomic mass is 9.99. The number of rotatable bonds is 3. The van der Waals surface area contributed by atoms with Crippen molar-refractivity contribution in [3.8, 4) is 11.3 Å². The molecule has 0 spiro atoms. The van der Waals surface area contributed by atoms with Crippen molar-refractivity contribution < 1.29 is 14.3 Å². The number of halogens is 1. The molecule has 1 aliphatic rings. The average molecular weight is 411 g/mol. The zero-order valence-electron chi connectivity index (χ0n) is 15.6. The largest absolute Gasteiger partial charge is 0.478 e. The molecule has 0 atom stereocenters. The first-order valence-corrected chi connectivity index (χ1v) is 10.2. The minimum atomic E-state index is -1.10. The van der Waals surface area contributed by atoms with Gasteiger partial charge in [-0.25, -0.2) is 23.7 Å². The van der Waals surface area contributed by atoms with Gasteiger partial charge in [-0.2, -0.15) is 5.10 Å². The van der Waals surface area contributed by atoms with Crippen LogP contribution < -0.4 is 5.32 Å². The molecule has 0 bridgehead atoms. The van der Waals surface area contributed by atoms with Crippen LogP contribution >= 0.6 is 11.3 Å². The monoisotopic (exact) mass is 411 g/mol. The van der Waals surface area contributed by atoms with Gasteiger partial charge in [-0.3, -0.25) is 0 Å². The molecule has 3 aromatic heterocycles. The third-order valence-corrected chi connectivity index (χ3v) is 6.39. The summed E-state index contributed by atoms with van der Waals surface area (Å²) in [4.78, 5) is 20.5. The van der Waals surface area contributed by atoms with Gasteiger partial charge in [0.2, 0.25) is 0 Å². The molecule has 29 heavy (non-hydrogen) atoms. The van der Waals surface area contributed by atoms with E-state index in [-0.39, 0.29) is 11.2 Å². The van der Waals surface area contributed by atoms with Crippen molar-refractivity contribution >= 4 is 33.2 Å². The molecule has 0 saturated carbocycles. The number of nitrogens with zero attached hydrogens (tertiary/aromatic N) is 4. The minimum absolute atomic E-state index is 0.0308. The van der Waals surface area contributed by atoms with Gasteiger partial charge >= 0.3 is 5.97 Å². The van der Waals surface area contributed by atoms with Crippen LogP contribution in [0, 0.1) is 12.7 Å². The first-order valence-electron chi connectivity index (χ1n) is 9.41. The van der Waals surface area contributed by atoms with Crippen molar-refractivity contribution in [3.05, 3.63) is 46.5 Å². The lowest BCUT2D eigenvalue weighted by Crippen LogP contribution is -2.26. The summed E-state index contributed by atoms with van der Waals surface area (Å²) in [5, 5.41) is 18.3. The number of hydrogen-bond acceptors (Lipinski definition) is 6. The number of thiazole rings is 1. The quantitative estimate of drug-likeness (QED) is 0.535. The Bertz CT molecular complexity index is 1260. The minimum Gasteiger partial charge on any atom is -0.478 e. The molecule has 1 aromatic carbocycles. The molecule has 5 rings (SSSR count). The number of nitrogens with one attached hydrogen (secondary N) is 1. The molecule has 1 fully saturated rings. The van der Waals surface area contributed by atoms with Gasteiger partial charge in [0.15, 0.2) is 11.5 Å². The lowest BCUT2D eigenvalue weighted by Gasteiger charge is -2.20. The number of benzene rings is 1. The van der Waals surface area contributed by atoms with Gasteiger partial charge in [0.1, 0.15) is 11.1 Å². The van der Waals surface area contributed by atoms with Crippen LogP contribution in [0.15, 0.2) is 24.4 Å². The number of aromatic nitrogens is 4. The zero-order valence-corrected chi connectivity index (χ0v) is 16.5. The summed E-state index contributed by atoms with van der Waals surface area (Å²) in [6, 6.07) is 4.65. The molecular weight excluding hydrogens is 393 g/mol. The fourth-order valence-corrected chi connectivity index (χ4v) is 4.98. The van der Waals surface area contributed by atoms with Crippen molar-refractivity contribution in [3.63, 3.8) is 0 Å². The Morgan fingerprint density at radius 2 is 2.07 bits per heavy atom. The molecule has 7 nitrogen and oxygen atoms in total. The average Bonchev–Trinajstić information content (AvgIpc) is 3.30. The topological polar surface area (TPSA) is 92.4 Å². The smallest absolute Gasteiger partial charge is 0.339 e. The molecule has 4 heterocycles. The molecule has 0 radical (unpaired) electrons. The maximum atomic E-state index is 14.9. The van der Waals surface area contributed by atoms with Gasteiger partial charge in [-0.1, -0.05) is 0 Å². The van der Waals surface area contributed by atoms with Crippen molar-refractivity contribution in [2.75, 3.05) is 13.1 Å². The predicted octanol–water partition coefficient (Wildman–Crippen LogP) is 3.62. The summed E-state index contributed by atoms with van der Waals surface area (Å²) in [7, 11) is 0. The molecule has 148 valence electrons. The zero-order chi connectivity index (χ0) is 20.1. The van der Waals surface area contributed by atoms with E-state index in [0.717, 1.165) is 35.6 Å². The van der Waals surface area contributed by atoms with Crippen LogP contribution in [-0.2, 0) is 0 Å². The number of imidazole rings is 1. The molecule has 9 heteroatoms. The van der Waals surface area contributed by atoms with Gasteiger partial charge < -0.3 is 10.4 Å². The summed E-state index contributed by atoms with van der Waals surface area (Å²) in [6.07, 6.45) is 3.64. The van der Waals surface area contributed by atoms with E-state index < -0.39 is 11.8 Å². The predicted molar refractivity (Wildman–Crippen MR) is 108 cm³/mol. The van der Waals surface area contributed by atoms with Gasteiger partial charge in [0, 0.05) is 11.5 Å². The van der Waals surface area contributed by atoms with Gasteiger partial charge in [0.05, 0.1) is 27.3 Å². The first kappa shape index (κ1) is 18.1. The summed E-state index contributed by atoms with van der Waals surface area (Å²) in [6.45, 7) is 3.66. The molecular formula is C20H18FN5O2S. The number of carboxylic acid groups (broad SMARTS) is 1. The summed E-state index contributed by atoms with van der Waals surface area (Å²) < 4.78 is 17.0. The third-order valence-electron chi connectivity index (χ3n) is 5.23. The van der Waals surface area contributed by atoms with Crippen LogP contribution in [0.5, 0.6) is 0 Å². The van der Waals surface area contributed by atoms with E-state index in [2.05, 4.69) is 20.4 Å². The van der Waals surface area contributed by atoms with E-state index in [0.29, 0.717) is 28.4 Å². The van der Waals surface area contributed by atoms with Gasteiger partial charge in [0.25, 0.3) is 0 Å². The van der Waals surface area contributed by atoms with Crippen molar-refractivity contribution in [1.29, 1.82) is 0 Å². The van der Waals surface area contributed by atoms with E-state index in [9.17, 15) is 14.3 Å². The second-order valence-corrected chi connectivity index (χ2v) is 8.34. The summed E-state index contributed by atoms with van der Waals surface area (Å²) in [5.74, 6) is -1.18. The highest BCUT2D eigenvalue weighted by atomic mass is 32.1.